The van der Waals surface area contributed by atoms with Gasteiger partial charge in [-0.25, -0.2) is 0 Å². The molecule has 0 radical (unpaired) electrons. The van der Waals surface area contributed by atoms with Crippen LogP contribution >= 0.6 is 24.8 Å². The summed E-state index contributed by atoms with van der Waals surface area (Å²) in [5.41, 5.74) is 7.95. The van der Waals surface area contributed by atoms with Gasteiger partial charge in [-0.05, 0) is 17.5 Å². The van der Waals surface area contributed by atoms with Crippen LogP contribution in [0.1, 0.15) is 18.1 Å². The number of hydrogen-bond acceptors (Lipinski definition) is 1. The average molecular weight is 286 g/mol. The standard InChI is InChI=1S/C8H10.C7H9N.2ClH/c1-2-8-6-4-3-5-7-8;8-6-7-4-2-1-3-5-7;;/h3-7H,2H2,1H3;1-5H,6,8H2;2*1H. The Morgan fingerprint density at radius 3 is 1.33 bits per heavy atom. The lowest BCUT2D eigenvalue weighted by atomic mass is 10.2. The fraction of sp³-hybridized carbons (Fsp3) is 0.200. The Labute approximate surface area is 122 Å². The van der Waals surface area contributed by atoms with E-state index in [-0.39, 0.29) is 24.8 Å². The molecule has 2 rings (SSSR count). The highest BCUT2D eigenvalue weighted by atomic mass is 35.5. The minimum absolute atomic E-state index is 0. The van der Waals surface area contributed by atoms with Gasteiger partial charge in [-0.1, -0.05) is 67.6 Å². The van der Waals surface area contributed by atoms with E-state index in [1.807, 2.05) is 36.4 Å². The molecule has 0 aliphatic rings. The van der Waals surface area contributed by atoms with Crippen molar-refractivity contribution in [1.29, 1.82) is 0 Å². The zero-order valence-electron chi connectivity index (χ0n) is 10.6. The molecule has 0 saturated heterocycles. The third kappa shape index (κ3) is 8.13. The highest BCUT2D eigenvalue weighted by Crippen LogP contribution is 1.97. The number of halogens is 2. The first-order valence-corrected chi connectivity index (χ1v) is 5.64. The van der Waals surface area contributed by atoms with E-state index in [0.29, 0.717) is 6.54 Å². The van der Waals surface area contributed by atoms with Gasteiger partial charge in [0.1, 0.15) is 0 Å². The first-order chi connectivity index (χ1) is 7.86. The summed E-state index contributed by atoms with van der Waals surface area (Å²) in [6, 6.07) is 20.4. The molecule has 3 heteroatoms. The van der Waals surface area contributed by atoms with Crippen LogP contribution in [0.5, 0.6) is 0 Å². The summed E-state index contributed by atoms with van der Waals surface area (Å²) in [6.45, 7) is 2.80. The fourth-order valence-electron chi connectivity index (χ4n) is 1.33. The minimum atomic E-state index is 0. The maximum atomic E-state index is 5.35. The monoisotopic (exact) mass is 285 g/mol. The smallest absolute Gasteiger partial charge is 0.0178 e. The summed E-state index contributed by atoms with van der Waals surface area (Å²) in [5, 5.41) is 0. The fourth-order valence-corrected chi connectivity index (χ4v) is 1.33. The van der Waals surface area contributed by atoms with Gasteiger partial charge in [0, 0.05) is 6.54 Å². The molecular weight excluding hydrogens is 265 g/mol. The second kappa shape index (κ2) is 12.4. The van der Waals surface area contributed by atoms with Crippen molar-refractivity contribution in [2.75, 3.05) is 0 Å². The highest BCUT2D eigenvalue weighted by Gasteiger charge is 1.80. The molecule has 0 atom stereocenters. The number of aryl methyl sites for hydroxylation is 1. The molecule has 0 heterocycles. The second-order valence-corrected chi connectivity index (χ2v) is 3.53. The van der Waals surface area contributed by atoms with Gasteiger partial charge in [0.15, 0.2) is 0 Å². The molecule has 0 fully saturated rings. The molecule has 18 heavy (non-hydrogen) atoms. The first kappa shape index (κ1) is 19.3. The molecule has 1 nitrogen and oxygen atoms in total. The molecule has 0 unspecified atom stereocenters. The Hall–Kier alpha value is -1.02. The van der Waals surface area contributed by atoms with Crippen molar-refractivity contribution in [1.82, 2.24) is 0 Å². The molecule has 100 valence electrons. The Kier molecular flexibility index (Phi) is 13.4. The first-order valence-electron chi connectivity index (χ1n) is 5.64. The van der Waals surface area contributed by atoms with Crippen molar-refractivity contribution in [2.45, 2.75) is 19.9 Å². The summed E-state index contributed by atoms with van der Waals surface area (Å²) in [7, 11) is 0. The predicted octanol–water partition coefficient (Wildman–Crippen LogP) is 4.24. The summed E-state index contributed by atoms with van der Waals surface area (Å²) in [5.74, 6) is 0. The number of hydrogen-bond donors (Lipinski definition) is 1. The molecule has 2 N–H and O–H groups in total. The molecule has 0 amide bonds. The minimum Gasteiger partial charge on any atom is -0.326 e. The van der Waals surface area contributed by atoms with E-state index in [2.05, 4.69) is 31.2 Å². The average Bonchev–Trinajstić information content (AvgIpc) is 2.41. The van der Waals surface area contributed by atoms with Crippen molar-refractivity contribution < 1.29 is 0 Å². The van der Waals surface area contributed by atoms with Crippen LogP contribution < -0.4 is 5.73 Å². The van der Waals surface area contributed by atoms with Gasteiger partial charge < -0.3 is 5.73 Å². The quantitative estimate of drug-likeness (QED) is 0.878. The van der Waals surface area contributed by atoms with Crippen molar-refractivity contribution in [3.63, 3.8) is 0 Å². The van der Waals surface area contributed by atoms with E-state index in [1.54, 1.807) is 0 Å². The molecule has 0 bridgehead atoms. The van der Waals surface area contributed by atoms with Crippen LogP contribution in [0.25, 0.3) is 0 Å². The lowest BCUT2D eigenvalue weighted by Gasteiger charge is -1.90. The molecule has 0 aliphatic carbocycles. The van der Waals surface area contributed by atoms with Gasteiger partial charge in [-0.2, -0.15) is 0 Å². The van der Waals surface area contributed by atoms with Crippen LogP contribution in [-0.2, 0) is 13.0 Å². The molecule has 2 aromatic carbocycles. The second-order valence-electron chi connectivity index (χ2n) is 3.53. The van der Waals surface area contributed by atoms with Crippen LogP contribution in [0.4, 0.5) is 0 Å². The molecule has 0 aromatic heterocycles. The third-order valence-electron chi connectivity index (χ3n) is 2.33. The van der Waals surface area contributed by atoms with Crippen molar-refractivity contribution in [3.05, 3.63) is 71.8 Å². The maximum Gasteiger partial charge on any atom is 0.0178 e. The lowest BCUT2D eigenvalue weighted by molar-refractivity contribution is 1.07. The predicted molar refractivity (Wildman–Crippen MR) is 84.6 cm³/mol. The lowest BCUT2D eigenvalue weighted by Crippen LogP contribution is -1.94. The number of rotatable bonds is 2. The van der Waals surface area contributed by atoms with Gasteiger partial charge in [-0.15, -0.1) is 24.8 Å². The van der Waals surface area contributed by atoms with Gasteiger partial charge in [0.05, 0.1) is 0 Å². The summed E-state index contributed by atoms with van der Waals surface area (Å²) < 4.78 is 0. The van der Waals surface area contributed by atoms with Crippen LogP contribution in [-0.4, -0.2) is 0 Å². The Bertz CT molecular complexity index is 337. The maximum absolute atomic E-state index is 5.35. The van der Waals surface area contributed by atoms with E-state index >= 15 is 0 Å². The zero-order valence-corrected chi connectivity index (χ0v) is 12.2. The van der Waals surface area contributed by atoms with E-state index < -0.39 is 0 Å². The molecule has 0 saturated carbocycles. The Morgan fingerprint density at radius 1 is 0.722 bits per heavy atom. The van der Waals surface area contributed by atoms with E-state index in [9.17, 15) is 0 Å². The van der Waals surface area contributed by atoms with Gasteiger partial charge in [0.25, 0.3) is 0 Å². The van der Waals surface area contributed by atoms with E-state index in [0.717, 1.165) is 6.42 Å². The number of benzene rings is 2. The normalized spacial score (nSPS) is 8.11. The van der Waals surface area contributed by atoms with E-state index in [4.69, 9.17) is 5.73 Å². The SMILES string of the molecule is CCc1ccccc1.Cl.Cl.NCc1ccccc1. The van der Waals surface area contributed by atoms with Gasteiger partial charge in [-0.3, -0.25) is 0 Å². The Morgan fingerprint density at radius 2 is 1.11 bits per heavy atom. The summed E-state index contributed by atoms with van der Waals surface area (Å²) >= 11 is 0. The van der Waals surface area contributed by atoms with Crippen LogP contribution in [0.2, 0.25) is 0 Å². The van der Waals surface area contributed by atoms with Crippen LogP contribution in [0.3, 0.4) is 0 Å². The zero-order chi connectivity index (χ0) is 11.6. The topological polar surface area (TPSA) is 26.0 Å². The number of nitrogens with two attached hydrogens (primary N) is 1. The highest BCUT2D eigenvalue weighted by molar-refractivity contribution is 5.85. The van der Waals surface area contributed by atoms with E-state index in [1.165, 1.54) is 11.1 Å². The summed E-state index contributed by atoms with van der Waals surface area (Å²) in [6.07, 6.45) is 1.14. The van der Waals surface area contributed by atoms with Crippen molar-refractivity contribution in [3.8, 4) is 0 Å². The van der Waals surface area contributed by atoms with Crippen LogP contribution in [0.15, 0.2) is 60.7 Å². The van der Waals surface area contributed by atoms with Crippen molar-refractivity contribution in [2.24, 2.45) is 5.73 Å². The molecule has 0 aliphatic heterocycles. The molecule has 0 spiro atoms. The van der Waals surface area contributed by atoms with Gasteiger partial charge >= 0.3 is 0 Å². The molecular formula is C15H21Cl2N. The van der Waals surface area contributed by atoms with Crippen molar-refractivity contribution >= 4 is 24.8 Å². The Balaban J connectivity index is 0. The molecule has 2 aromatic rings. The van der Waals surface area contributed by atoms with Gasteiger partial charge in [0.2, 0.25) is 0 Å². The van der Waals surface area contributed by atoms with Crippen LogP contribution in [0, 0.1) is 0 Å². The largest absolute Gasteiger partial charge is 0.326 e. The summed E-state index contributed by atoms with van der Waals surface area (Å²) in [4.78, 5) is 0. The third-order valence-corrected chi connectivity index (χ3v) is 2.33.